The lowest BCUT2D eigenvalue weighted by atomic mass is 10.0. The third-order valence-electron chi connectivity index (χ3n) is 3.35. The number of rotatable bonds is 1. The Morgan fingerprint density at radius 1 is 1.24 bits per heavy atom. The average molecular weight is 327 g/mol. The quantitative estimate of drug-likeness (QED) is 0.807. The standard InChI is InChI=1S/C13H14F4N2O.ClH/c14-11-2-1-8(7-10(11)13(15,16)17)12(20)19-5-3-9(18)4-6-19;/h1-2,7,9H,3-6,18H2;1H. The summed E-state index contributed by atoms with van der Waals surface area (Å²) in [7, 11) is 0. The highest BCUT2D eigenvalue weighted by molar-refractivity contribution is 5.94. The smallest absolute Gasteiger partial charge is 0.339 e. The minimum Gasteiger partial charge on any atom is -0.339 e. The number of likely N-dealkylation sites (tertiary alicyclic amines) is 1. The van der Waals surface area contributed by atoms with E-state index in [0.29, 0.717) is 38.1 Å². The Labute approximate surface area is 125 Å². The van der Waals surface area contributed by atoms with E-state index in [9.17, 15) is 22.4 Å². The van der Waals surface area contributed by atoms with Gasteiger partial charge < -0.3 is 10.6 Å². The molecule has 0 spiro atoms. The Balaban J connectivity index is 0.00000220. The van der Waals surface area contributed by atoms with Crippen molar-refractivity contribution in [3.05, 3.63) is 35.1 Å². The van der Waals surface area contributed by atoms with Gasteiger partial charge in [-0.05, 0) is 31.0 Å². The second-order valence-corrected chi connectivity index (χ2v) is 4.82. The zero-order chi connectivity index (χ0) is 14.9. The van der Waals surface area contributed by atoms with Crippen molar-refractivity contribution >= 4 is 18.3 Å². The van der Waals surface area contributed by atoms with Crippen molar-refractivity contribution in [2.45, 2.75) is 25.1 Å². The topological polar surface area (TPSA) is 46.3 Å². The molecule has 1 heterocycles. The molecule has 1 fully saturated rings. The Morgan fingerprint density at radius 2 is 1.81 bits per heavy atom. The minimum atomic E-state index is -4.81. The van der Waals surface area contributed by atoms with Gasteiger partial charge in [-0.15, -0.1) is 12.4 Å². The van der Waals surface area contributed by atoms with E-state index in [4.69, 9.17) is 5.73 Å². The molecular formula is C13H15ClF4N2O. The molecule has 8 heteroatoms. The molecule has 0 aliphatic carbocycles. The lowest BCUT2D eigenvalue weighted by molar-refractivity contribution is -0.140. The number of benzene rings is 1. The summed E-state index contributed by atoms with van der Waals surface area (Å²) in [5, 5.41) is 0. The van der Waals surface area contributed by atoms with Crippen molar-refractivity contribution in [2.24, 2.45) is 5.73 Å². The second kappa shape index (κ2) is 6.62. The number of nitrogens with two attached hydrogens (primary N) is 1. The van der Waals surface area contributed by atoms with Gasteiger partial charge in [-0.3, -0.25) is 4.79 Å². The Morgan fingerprint density at radius 3 is 2.33 bits per heavy atom. The molecule has 1 aliphatic rings. The first-order chi connectivity index (χ1) is 9.29. The van der Waals surface area contributed by atoms with E-state index >= 15 is 0 Å². The molecule has 0 unspecified atom stereocenters. The molecule has 1 aliphatic heterocycles. The molecule has 2 rings (SSSR count). The molecule has 118 valence electrons. The van der Waals surface area contributed by atoms with E-state index in [0.717, 1.165) is 6.07 Å². The fourth-order valence-corrected chi connectivity index (χ4v) is 2.16. The van der Waals surface area contributed by atoms with Crippen LogP contribution in [0.1, 0.15) is 28.8 Å². The van der Waals surface area contributed by atoms with Crippen molar-refractivity contribution in [2.75, 3.05) is 13.1 Å². The molecule has 1 amide bonds. The van der Waals surface area contributed by atoms with Crippen LogP contribution in [0, 0.1) is 5.82 Å². The highest BCUT2D eigenvalue weighted by atomic mass is 35.5. The van der Waals surface area contributed by atoms with Crippen LogP contribution in [0.15, 0.2) is 18.2 Å². The summed E-state index contributed by atoms with van der Waals surface area (Å²) < 4.78 is 51.0. The maximum absolute atomic E-state index is 13.2. The van der Waals surface area contributed by atoms with Crippen LogP contribution in [0.3, 0.4) is 0 Å². The second-order valence-electron chi connectivity index (χ2n) is 4.82. The van der Waals surface area contributed by atoms with E-state index in [1.807, 2.05) is 0 Å². The Hall–Kier alpha value is -1.34. The van der Waals surface area contributed by atoms with Crippen LogP contribution in [-0.4, -0.2) is 29.9 Å². The summed E-state index contributed by atoms with van der Waals surface area (Å²) in [5.41, 5.74) is 4.12. The van der Waals surface area contributed by atoms with Gasteiger partial charge in [0, 0.05) is 24.7 Å². The molecule has 1 saturated heterocycles. The molecule has 0 radical (unpaired) electrons. The van der Waals surface area contributed by atoms with Crippen LogP contribution in [0.5, 0.6) is 0 Å². The van der Waals surface area contributed by atoms with Crippen molar-refractivity contribution in [3.63, 3.8) is 0 Å². The van der Waals surface area contributed by atoms with E-state index in [1.54, 1.807) is 0 Å². The molecule has 0 bridgehead atoms. The number of halogens is 5. The van der Waals surface area contributed by atoms with Crippen molar-refractivity contribution in [3.8, 4) is 0 Å². The number of amides is 1. The summed E-state index contributed by atoms with van der Waals surface area (Å²) in [4.78, 5) is 13.5. The molecule has 1 aromatic carbocycles. The van der Waals surface area contributed by atoms with Crippen LogP contribution in [0.25, 0.3) is 0 Å². The molecule has 2 N–H and O–H groups in total. The van der Waals surface area contributed by atoms with Gasteiger partial charge in [-0.2, -0.15) is 13.2 Å². The van der Waals surface area contributed by atoms with Crippen molar-refractivity contribution in [1.82, 2.24) is 4.90 Å². The number of carbonyl (C=O) groups is 1. The zero-order valence-electron chi connectivity index (χ0n) is 11.0. The van der Waals surface area contributed by atoms with Gasteiger partial charge in [0.25, 0.3) is 5.91 Å². The fraction of sp³-hybridized carbons (Fsp3) is 0.462. The van der Waals surface area contributed by atoms with Gasteiger partial charge in [0.15, 0.2) is 0 Å². The maximum Gasteiger partial charge on any atom is 0.419 e. The van der Waals surface area contributed by atoms with Crippen LogP contribution in [-0.2, 0) is 6.18 Å². The monoisotopic (exact) mass is 326 g/mol. The van der Waals surface area contributed by atoms with E-state index in [1.165, 1.54) is 4.90 Å². The van der Waals surface area contributed by atoms with Gasteiger partial charge in [0.05, 0.1) is 5.56 Å². The predicted octanol–water partition coefficient (Wildman–Crippen LogP) is 2.83. The van der Waals surface area contributed by atoms with Crippen LogP contribution < -0.4 is 5.73 Å². The third kappa shape index (κ3) is 4.07. The maximum atomic E-state index is 13.2. The average Bonchev–Trinajstić information content (AvgIpc) is 2.38. The first-order valence-corrected chi connectivity index (χ1v) is 6.20. The van der Waals surface area contributed by atoms with Crippen LogP contribution in [0.4, 0.5) is 17.6 Å². The Kier molecular flexibility index (Phi) is 5.58. The largest absolute Gasteiger partial charge is 0.419 e. The predicted molar refractivity (Wildman–Crippen MR) is 71.8 cm³/mol. The summed E-state index contributed by atoms with van der Waals surface area (Å²) in [5.74, 6) is -1.91. The van der Waals surface area contributed by atoms with Gasteiger partial charge in [-0.1, -0.05) is 0 Å². The first-order valence-electron chi connectivity index (χ1n) is 6.20. The summed E-state index contributed by atoms with van der Waals surface area (Å²) in [6.07, 6.45) is -3.59. The SMILES string of the molecule is Cl.NC1CCN(C(=O)c2ccc(F)c(C(F)(F)F)c2)CC1. The van der Waals surface area contributed by atoms with Crippen LogP contribution in [0.2, 0.25) is 0 Å². The zero-order valence-corrected chi connectivity index (χ0v) is 11.8. The normalized spacial score (nSPS) is 16.5. The molecule has 0 saturated carbocycles. The number of alkyl halides is 3. The molecular weight excluding hydrogens is 312 g/mol. The molecule has 0 atom stereocenters. The third-order valence-corrected chi connectivity index (χ3v) is 3.35. The molecule has 21 heavy (non-hydrogen) atoms. The van der Waals surface area contributed by atoms with Crippen LogP contribution >= 0.6 is 12.4 Å². The van der Waals surface area contributed by atoms with E-state index < -0.39 is 23.5 Å². The first kappa shape index (κ1) is 17.7. The summed E-state index contributed by atoms with van der Waals surface area (Å²) in [6, 6.07) is 2.32. The fourth-order valence-electron chi connectivity index (χ4n) is 2.16. The molecule has 1 aromatic rings. The van der Waals surface area contributed by atoms with E-state index in [-0.39, 0.29) is 24.0 Å². The minimum absolute atomic E-state index is 0. The molecule has 0 aromatic heterocycles. The lowest BCUT2D eigenvalue weighted by Crippen LogP contribution is -2.42. The molecule has 3 nitrogen and oxygen atoms in total. The summed E-state index contributed by atoms with van der Waals surface area (Å²) >= 11 is 0. The highest BCUT2D eigenvalue weighted by Crippen LogP contribution is 2.32. The highest BCUT2D eigenvalue weighted by Gasteiger charge is 2.35. The van der Waals surface area contributed by atoms with Gasteiger partial charge in [0.2, 0.25) is 0 Å². The van der Waals surface area contributed by atoms with E-state index in [2.05, 4.69) is 0 Å². The number of nitrogens with zero attached hydrogens (tertiary/aromatic N) is 1. The van der Waals surface area contributed by atoms with Gasteiger partial charge in [-0.25, -0.2) is 4.39 Å². The van der Waals surface area contributed by atoms with Crippen molar-refractivity contribution < 1.29 is 22.4 Å². The summed E-state index contributed by atoms with van der Waals surface area (Å²) in [6.45, 7) is 0.803. The van der Waals surface area contributed by atoms with Gasteiger partial charge in [0.1, 0.15) is 5.82 Å². The number of piperidine rings is 1. The number of hydrogen-bond acceptors (Lipinski definition) is 2. The Bertz CT molecular complexity index is 513. The number of hydrogen-bond donors (Lipinski definition) is 1. The number of carbonyl (C=O) groups excluding carboxylic acids is 1. The van der Waals surface area contributed by atoms with Gasteiger partial charge >= 0.3 is 6.18 Å². The lowest BCUT2D eigenvalue weighted by Gasteiger charge is -2.30. The van der Waals surface area contributed by atoms with Crippen molar-refractivity contribution in [1.29, 1.82) is 0 Å².